The van der Waals surface area contributed by atoms with Crippen LogP contribution in [0.15, 0.2) is 231 Å². The molecule has 0 fully saturated rings. The van der Waals surface area contributed by atoms with Gasteiger partial charge in [0.1, 0.15) is 40.7 Å². The van der Waals surface area contributed by atoms with E-state index in [0.717, 1.165) is 67.1 Å². The third-order valence-corrected chi connectivity index (χ3v) is 14.6. The Bertz CT molecular complexity index is 4440. The number of fused-ring (bicyclic) bond motifs is 9. The van der Waals surface area contributed by atoms with Crippen LogP contribution in [0.2, 0.25) is 0 Å². The zero-order valence-corrected chi connectivity index (χ0v) is 40.8. The van der Waals surface area contributed by atoms with E-state index in [1.165, 1.54) is 60.7 Å². The van der Waals surface area contributed by atoms with Gasteiger partial charge in [0.15, 0.2) is 0 Å². The summed E-state index contributed by atoms with van der Waals surface area (Å²) in [6, 6.07) is 63.9. The predicted octanol–water partition coefficient (Wildman–Crippen LogP) is 18.9. The molecule has 0 N–H and O–H groups in total. The van der Waals surface area contributed by atoms with Gasteiger partial charge >= 0.3 is 0 Å². The molecule has 78 heavy (non-hydrogen) atoms. The van der Waals surface area contributed by atoms with Crippen LogP contribution in [0.25, 0.3) is 82.5 Å². The second-order valence-electron chi connectivity index (χ2n) is 19.1. The van der Waals surface area contributed by atoms with Gasteiger partial charge in [-0.1, -0.05) is 36.4 Å². The second kappa shape index (κ2) is 18.1. The van der Waals surface area contributed by atoms with E-state index < -0.39 is 29.1 Å². The van der Waals surface area contributed by atoms with Gasteiger partial charge in [-0.25, -0.2) is 30.7 Å². The van der Waals surface area contributed by atoms with Gasteiger partial charge in [-0.05, 0) is 182 Å². The molecule has 11 aromatic carbocycles. The first-order chi connectivity index (χ1) is 38.0. The lowest BCUT2D eigenvalue weighted by Crippen LogP contribution is -2.12. The molecule has 0 radical (unpaired) electrons. The first-order valence-electron chi connectivity index (χ1n) is 25.0. The number of nitrogens with zero attached hydrogens (tertiary/aromatic N) is 5. The van der Waals surface area contributed by atoms with E-state index in [9.17, 15) is 22.0 Å². The third-order valence-electron chi connectivity index (χ3n) is 14.6. The molecule has 14 aromatic rings. The minimum Gasteiger partial charge on any atom is -0.309 e. The van der Waals surface area contributed by atoms with E-state index in [-0.39, 0.29) is 23.0 Å². The molecule has 0 atom stereocenters. The molecule has 5 nitrogen and oxygen atoms in total. The van der Waals surface area contributed by atoms with Crippen LogP contribution in [0.3, 0.4) is 0 Å². The van der Waals surface area contributed by atoms with Crippen molar-refractivity contribution in [2.75, 3.05) is 9.80 Å². The molecule has 12 heteroatoms. The fraction of sp³-hybridized carbons (Fsp3) is 0. The molecule has 0 bridgehead atoms. The van der Waals surface area contributed by atoms with E-state index in [2.05, 4.69) is 0 Å². The van der Waals surface area contributed by atoms with Crippen molar-refractivity contribution in [3.05, 3.63) is 271 Å². The number of anilines is 6. The summed E-state index contributed by atoms with van der Waals surface area (Å²) < 4.78 is 112. The van der Waals surface area contributed by atoms with Crippen LogP contribution in [0.4, 0.5) is 64.9 Å². The Kier molecular flexibility index (Phi) is 10.8. The zero-order valence-electron chi connectivity index (χ0n) is 40.8. The quantitative estimate of drug-likeness (QED) is 0.134. The lowest BCUT2D eigenvalue weighted by atomic mass is 10.1. The van der Waals surface area contributed by atoms with Crippen molar-refractivity contribution in [1.82, 2.24) is 13.7 Å². The number of rotatable bonds is 9. The maximum absolute atomic E-state index is 16.5. The second-order valence-corrected chi connectivity index (χ2v) is 19.1. The van der Waals surface area contributed by atoms with Crippen molar-refractivity contribution in [3.8, 4) is 17.1 Å². The molecule has 0 aliphatic heterocycles. The van der Waals surface area contributed by atoms with Gasteiger partial charge < -0.3 is 23.5 Å². The summed E-state index contributed by atoms with van der Waals surface area (Å²) in [7, 11) is 0. The molecular formula is C66H38F7N5. The first-order valence-corrected chi connectivity index (χ1v) is 25.0. The van der Waals surface area contributed by atoms with Gasteiger partial charge in [0.05, 0.1) is 44.5 Å². The number of aromatic nitrogens is 3. The predicted molar refractivity (Wildman–Crippen MR) is 299 cm³/mol. The summed E-state index contributed by atoms with van der Waals surface area (Å²) in [5, 5.41) is 4.78. The van der Waals surface area contributed by atoms with Gasteiger partial charge in [-0.2, -0.15) is 0 Å². The van der Waals surface area contributed by atoms with Gasteiger partial charge in [0.2, 0.25) is 0 Å². The average Bonchev–Trinajstić information content (AvgIpc) is 4.09. The maximum atomic E-state index is 16.5. The topological polar surface area (TPSA) is 21.3 Å². The van der Waals surface area contributed by atoms with Crippen molar-refractivity contribution < 1.29 is 30.7 Å². The van der Waals surface area contributed by atoms with E-state index in [0.29, 0.717) is 50.2 Å². The highest BCUT2D eigenvalue weighted by molar-refractivity contribution is 6.14. The minimum atomic E-state index is -0.810. The van der Waals surface area contributed by atoms with Crippen molar-refractivity contribution in [2.45, 2.75) is 0 Å². The Morgan fingerprint density at radius 1 is 0.231 bits per heavy atom. The van der Waals surface area contributed by atoms with Crippen molar-refractivity contribution in [2.24, 2.45) is 0 Å². The molecule has 0 saturated carbocycles. The van der Waals surface area contributed by atoms with Crippen molar-refractivity contribution in [3.63, 3.8) is 0 Å². The van der Waals surface area contributed by atoms with Crippen LogP contribution in [0.1, 0.15) is 0 Å². The fourth-order valence-corrected chi connectivity index (χ4v) is 11.3. The largest absolute Gasteiger partial charge is 0.309 e. The highest BCUT2D eigenvalue weighted by Crippen LogP contribution is 2.46. The van der Waals surface area contributed by atoms with Crippen LogP contribution in [0, 0.1) is 40.7 Å². The van der Waals surface area contributed by atoms with Gasteiger partial charge in [-0.15, -0.1) is 0 Å². The Balaban J connectivity index is 0.998. The Labute approximate surface area is 440 Å². The Morgan fingerprint density at radius 3 is 0.808 bits per heavy atom. The number of halogens is 7. The van der Waals surface area contributed by atoms with Gasteiger partial charge in [0.25, 0.3) is 0 Å². The van der Waals surface area contributed by atoms with Crippen LogP contribution >= 0.6 is 0 Å². The highest BCUT2D eigenvalue weighted by atomic mass is 19.2. The zero-order chi connectivity index (χ0) is 52.9. The summed E-state index contributed by atoms with van der Waals surface area (Å²) in [6.07, 6.45) is 0. The van der Waals surface area contributed by atoms with Crippen molar-refractivity contribution in [1.29, 1.82) is 0 Å². The van der Waals surface area contributed by atoms with E-state index >= 15 is 8.78 Å². The number of benzene rings is 11. The third kappa shape index (κ3) is 7.55. The fourth-order valence-electron chi connectivity index (χ4n) is 11.3. The van der Waals surface area contributed by atoms with Gasteiger partial charge in [-0.3, -0.25) is 0 Å². The monoisotopic (exact) mass is 1030 g/mol. The Morgan fingerprint density at radius 2 is 0.500 bits per heavy atom. The SMILES string of the molecule is Fc1ccc(-n2c3ccccc3c3cc(N(c4ccc5c(c4)c4cc(N(c6ccc7c(c6)c6ccccc6n7-c6ccc(F)cc6)c6ccc(F)cc6F)ccc4n5-c4ccc(F)cc4)c4ccc(F)cc4F)ccc32)cc1. The summed E-state index contributed by atoms with van der Waals surface area (Å²) >= 11 is 0. The maximum Gasteiger partial charge on any atom is 0.150 e. The van der Waals surface area contributed by atoms with E-state index in [1.54, 1.807) is 46.2 Å². The summed E-state index contributed by atoms with van der Waals surface area (Å²) in [4.78, 5) is 3.45. The average molecular weight is 1030 g/mol. The molecule has 0 spiro atoms. The van der Waals surface area contributed by atoms with Crippen LogP contribution in [-0.4, -0.2) is 13.7 Å². The van der Waals surface area contributed by atoms with Crippen LogP contribution < -0.4 is 9.80 Å². The normalized spacial score (nSPS) is 11.8. The standard InChI is InChI=1S/C66H38F7N5/c67-39-9-17-44(18-10-39)76-59-7-3-1-5-51(59)53-35-47(23-29-61(53)76)74(65-27-15-42(70)33-57(65)72)49-25-31-63-55(37-49)56-38-50(26-32-64(56)78(63)46-21-13-41(69)14-22-46)75(66-28-16-43(71)34-58(66)73)48-24-30-62-54(36-48)52-6-2-4-8-60(52)77(62)45-19-11-40(68)12-20-45/h1-38H. The molecule has 0 saturated heterocycles. The number of hydrogen-bond acceptors (Lipinski definition) is 2. The molecular weight excluding hydrogens is 996 g/mol. The van der Waals surface area contributed by atoms with E-state index in [1.807, 2.05) is 135 Å². The van der Waals surface area contributed by atoms with Crippen molar-refractivity contribution >= 4 is 99.5 Å². The van der Waals surface area contributed by atoms with Crippen LogP contribution in [-0.2, 0) is 0 Å². The molecule has 3 heterocycles. The minimum absolute atomic E-state index is 0.0643. The summed E-state index contributed by atoms with van der Waals surface area (Å²) in [5.74, 6) is -4.28. The molecule has 14 rings (SSSR count). The molecule has 0 unspecified atom stereocenters. The van der Waals surface area contributed by atoms with Gasteiger partial charge in [0, 0.05) is 84.3 Å². The molecule has 376 valence electrons. The first kappa shape index (κ1) is 46.5. The summed E-state index contributed by atoms with van der Waals surface area (Å²) in [6.45, 7) is 0. The number of para-hydroxylation sites is 2. The number of hydrogen-bond donors (Lipinski definition) is 0. The lowest BCUT2D eigenvalue weighted by Gasteiger charge is -2.26. The highest BCUT2D eigenvalue weighted by Gasteiger charge is 2.25. The molecule has 0 amide bonds. The summed E-state index contributed by atoms with van der Waals surface area (Å²) in [5.41, 5.74) is 9.13. The molecule has 0 aliphatic rings. The van der Waals surface area contributed by atoms with E-state index in [4.69, 9.17) is 0 Å². The lowest BCUT2D eigenvalue weighted by molar-refractivity contribution is 0.583. The molecule has 3 aromatic heterocycles. The Hall–Kier alpha value is -10.1. The molecule has 0 aliphatic carbocycles. The smallest absolute Gasteiger partial charge is 0.150 e. The van der Waals surface area contributed by atoms with Crippen LogP contribution in [0.5, 0.6) is 0 Å².